The molecule has 0 atom stereocenters. The fourth-order valence-electron chi connectivity index (χ4n) is 0.316. The van der Waals surface area contributed by atoms with E-state index in [1.165, 1.54) is 11.0 Å². The summed E-state index contributed by atoms with van der Waals surface area (Å²) in [5.41, 5.74) is 0. The Kier molecular flexibility index (Phi) is 5.89. The van der Waals surface area contributed by atoms with E-state index >= 15 is 0 Å². The van der Waals surface area contributed by atoms with Gasteiger partial charge < -0.3 is 0 Å². The molecule has 0 heterocycles. The Morgan fingerprint density at radius 1 is 1.67 bits per heavy atom. The summed E-state index contributed by atoms with van der Waals surface area (Å²) in [7, 11) is 6.62. The molecule has 0 bridgehead atoms. The first kappa shape index (κ1) is 8.86. The summed E-state index contributed by atoms with van der Waals surface area (Å²) in [4.78, 5) is 0.967. The Labute approximate surface area is 64.8 Å². The first-order valence-corrected chi connectivity index (χ1v) is 4.23. The third kappa shape index (κ3) is 4.37. The molecule has 50 valence electrons. The van der Waals surface area contributed by atoms with Crippen molar-refractivity contribution in [2.24, 2.45) is 0 Å². The maximum atomic E-state index is 5.45. The van der Waals surface area contributed by atoms with Gasteiger partial charge in [-0.15, -0.1) is 0 Å². The maximum absolute atomic E-state index is 5.45. The second kappa shape index (κ2) is 5.99. The summed E-state index contributed by atoms with van der Waals surface area (Å²) in [5.74, 6) is 0. The van der Waals surface area contributed by atoms with Crippen molar-refractivity contribution < 1.29 is 0 Å². The number of rotatable bonds is 3. The predicted octanol–water partition coefficient (Wildman–Crippen LogP) is 3.52. The molecule has 0 aromatic heterocycles. The second-order valence-electron chi connectivity index (χ2n) is 1.38. The van der Waals surface area contributed by atoms with Crippen molar-refractivity contribution in [1.82, 2.24) is 0 Å². The van der Waals surface area contributed by atoms with Crippen LogP contribution in [0.15, 0.2) is 35.8 Å². The van der Waals surface area contributed by atoms with Crippen molar-refractivity contribution >= 4 is 21.7 Å². The lowest BCUT2D eigenvalue weighted by molar-refractivity contribution is 1.73. The third-order valence-corrected chi connectivity index (χ3v) is 1.76. The van der Waals surface area contributed by atoms with Crippen LogP contribution in [0.3, 0.4) is 0 Å². The lowest BCUT2D eigenvalue weighted by Gasteiger charge is -1.86. The fourth-order valence-corrected chi connectivity index (χ4v) is 0.853. The van der Waals surface area contributed by atoms with E-state index in [0.717, 1.165) is 4.91 Å². The molecule has 0 radical (unpaired) electrons. The van der Waals surface area contributed by atoms with Gasteiger partial charge in [0, 0.05) is 4.91 Å². The number of halogens is 1. The smallest absolute Gasteiger partial charge is 0.0227 e. The minimum Gasteiger partial charge on any atom is -0.0979 e. The molecule has 0 aliphatic heterocycles. The van der Waals surface area contributed by atoms with Gasteiger partial charge in [0.15, 0.2) is 0 Å². The van der Waals surface area contributed by atoms with Crippen LogP contribution < -0.4 is 0 Å². The number of hydrogen-bond donors (Lipinski definition) is 0. The highest BCUT2D eigenvalue weighted by Gasteiger charge is 1.83. The largest absolute Gasteiger partial charge is 0.0979 e. The number of hydrogen-bond acceptors (Lipinski definition) is 1. The van der Waals surface area contributed by atoms with Crippen LogP contribution in [0, 0.1) is 0 Å². The van der Waals surface area contributed by atoms with Crippen LogP contribution in [0.5, 0.6) is 0 Å². The summed E-state index contributed by atoms with van der Waals surface area (Å²) in [6.45, 7) is 5.53. The molecule has 9 heavy (non-hydrogen) atoms. The topological polar surface area (TPSA) is 0 Å². The van der Waals surface area contributed by atoms with E-state index in [1.54, 1.807) is 6.08 Å². The van der Waals surface area contributed by atoms with Gasteiger partial charge in [-0.1, -0.05) is 24.8 Å². The van der Waals surface area contributed by atoms with Gasteiger partial charge in [-0.05, 0) is 34.7 Å². The van der Waals surface area contributed by atoms with Gasteiger partial charge in [0.05, 0.1) is 0 Å². The van der Waals surface area contributed by atoms with Crippen LogP contribution >= 0.6 is 21.7 Å². The van der Waals surface area contributed by atoms with Crippen LogP contribution in [0.25, 0.3) is 0 Å². The highest BCUT2D eigenvalue weighted by Crippen LogP contribution is 2.20. The molecule has 0 saturated heterocycles. The summed E-state index contributed by atoms with van der Waals surface area (Å²) in [5, 5.41) is 0. The molecule has 0 nitrogen and oxygen atoms in total. The quantitative estimate of drug-likeness (QED) is 0.570. The molecule has 0 rings (SSSR count). The lowest BCUT2D eigenvalue weighted by Crippen LogP contribution is -1.59. The third-order valence-electron chi connectivity index (χ3n) is 0.743. The van der Waals surface area contributed by atoms with Crippen molar-refractivity contribution in [3.8, 4) is 0 Å². The highest BCUT2D eigenvalue weighted by molar-refractivity contribution is 8.24. The summed E-state index contributed by atoms with van der Waals surface area (Å²) < 4.78 is 0. The van der Waals surface area contributed by atoms with Gasteiger partial charge in [0.25, 0.3) is 0 Å². The van der Waals surface area contributed by atoms with Gasteiger partial charge in [-0.3, -0.25) is 0 Å². The minimum atomic E-state index is 0.967. The maximum Gasteiger partial charge on any atom is 0.0227 e. The standard InChI is InChI=1S/C7H9ClS/c1-3-5-6-7(4-2)9-8/h3-6H,2H2,1H3/b5-3-,7-6+. The van der Waals surface area contributed by atoms with Gasteiger partial charge in [0.2, 0.25) is 0 Å². The second-order valence-corrected chi connectivity index (χ2v) is 2.46. The summed E-state index contributed by atoms with van der Waals surface area (Å²) >= 11 is 0. The highest BCUT2D eigenvalue weighted by atomic mass is 35.7. The van der Waals surface area contributed by atoms with E-state index in [0.29, 0.717) is 0 Å². The van der Waals surface area contributed by atoms with E-state index in [9.17, 15) is 0 Å². The molecular formula is C7H9ClS. The van der Waals surface area contributed by atoms with Crippen molar-refractivity contribution in [3.63, 3.8) is 0 Å². The average Bonchev–Trinajstić information content (AvgIpc) is 1.91. The molecule has 0 amide bonds. The SMILES string of the molecule is C=C/C(=C\C=C/C)SCl. The van der Waals surface area contributed by atoms with Crippen molar-refractivity contribution in [2.45, 2.75) is 6.92 Å². The van der Waals surface area contributed by atoms with Crippen molar-refractivity contribution in [3.05, 3.63) is 35.8 Å². The van der Waals surface area contributed by atoms with Crippen molar-refractivity contribution in [1.29, 1.82) is 0 Å². The first-order chi connectivity index (χ1) is 4.35. The minimum absolute atomic E-state index is 0.967. The Balaban J connectivity index is 3.90. The zero-order valence-electron chi connectivity index (χ0n) is 5.30. The fraction of sp³-hybridized carbons (Fsp3) is 0.143. The molecule has 0 unspecified atom stereocenters. The molecule has 0 N–H and O–H groups in total. The molecule has 0 aliphatic carbocycles. The number of allylic oxidation sites excluding steroid dienone is 4. The van der Waals surface area contributed by atoms with Crippen LogP contribution in [0.1, 0.15) is 6.92 Å². The zero-order chi connectivity index (χ0) is 7.11. The van der Waals surface area contributed by atoms with E-state index in [1.807, 2.05) is 25.2 Å². The Hall–Kier alpha value is -0.140. The molecule has 0 aliphatic rings. The van der Waals surface area contributed by atoms with Crippen LogP contribution in [0.2, 0.25) is 0 Å². The van der Waals surface area contributed by atoms with Crippen LogP contribution in [-0.2, 0) is 0 Å². The van der Waals surface area contributed by atoms with E-state index < -0.39 is 0 Å². The van der Waals surface area contributed by atoms with E-state index in [4.69, 9.17) is 10.7 Å². The van der Waals surface area contributed by atoms with Gasteiger partial charge in [-0.2, -0.15) is 0 Å². The zero-order valence-corrected chi connectivity index (χ0v) is 6.88. The van der Waals surface area contributed by atoms with Crippen LogP contribution in [-0.4, -0.2) is 0 Å². The average molecular weight is 161 g/mol. The molecule has 0 aromatic carbocycles. The first-order valence-electron chi connectivity index (χ1n) is 2.59. The van der Waals surface area contributed by atoms with Gasteiger partial charge >= 0.3 is 0 Å². The molecular weight excluding hydrogens is 152 g/mol. The van der Waals surface area contributed by atoms with Gasteiger partial charge in [-0.25, -0.2) is 0 Å². The van der Waals surface area contributed by atoms with Crippen LogP contribution in [0.4, 0.5) is 0 Å². The monoisotopic (exact) mass is 160 g/mol. The lowest BCUT2D eigenvalue weighted by atomic mass is 10.4. The normalized spacial score (nSPS) is 12.4. The van der Waals surface area contributed by atoms with Crippen molar-refractivity contribution in [2.75, 3.05) is 0 Å². The molecule has 0 aromatic rings. The van der Waals surface area contributed by atoms with E-state index in [2.05, 4.69) is 6.58 Å². The summed E-state index contributed by atoms with van der Waals surface area (Å²) in [6.07, 6.45) is 7.49. The molecule has 0 saturated carbocycles. The molecule has 0 fully saturated rings. The Morgan fingerprint density at radius 3 is 2.67 bits per heavy atom. The van der Waals surface area contributed by atoms with E-state index in [-0.39, 0.29) is 0 Å². The predicted molar refractivity (Wildman–Crippen MR) is 46.5 cm³/mol. The molecule has 0 spiro atoms. The Morgan fingerprint density at radius 2 is 2.33 bits per heavy atom. The van der Waals surface area contributed by atoms with Gasteiger partial charge in [0.1, 0.15) is 0 Å². The summed E-state index contributed by atoms with van der Waals surface area (Å²) in [6, 6.07) is 0. The Bertz CT molecular complexity index is 136. The molecule has 2 heteroatoms.